The lowest BCUT2D eigenvalue weighted by molar-refractivity contribution is -0.116. The molecule has 1 atom stereocenters. The van der Waals surface area contributed by atoms with E-state index in [9.17, 15) is 13.2 Å². The molecule has 1 heterocycles. The molecule has 1 amide bonds. The van der Waals surface area contributed by atoms with Crippen molar-refractivity contribution in [1.82, 2.24) is 4.72 Å². The number of hydrogen-bond donors (Lipinski definition) is 2. The molecule has 0 bridgehead atoms. The maximum Gasteiger partial charge on any atom is 0.262 e. The minimum Gasteiger partial charge on any atom is -0.326 e. The van der Waals surface area contributed by atoms with Crippen molar-refractivity contribution < 1.29 is 13.2 Å². The van der Waals surface area contributed by atoms with Crippen LogP contribution >= 0.6 is 0 Å². The monoisotopic (exact) mass is 397 g/mol. The summed E-state index contributed by atoms with van der Waals surface area (Å²) in [6.45, 7) is 0.651. The Balaban J connectivity index is 1.43. The van der Waals surface area contributed by atoms with E-state index in [0.717, 1.165) is 19.3 Å². The lowest BCUT2D eigenvalue weighted by Gasteiger charge is -2.13. The van der Waals surface area contributed by atoms with Crippen LogP contribution in [0.5, 0.6) is 0 Å². The third-order valence-electron chi connectivity index (χ3n) is 5.24. The number of hydrogen-bond acceptors (Lipinski definition) is 4. The van der Waals surface area contributed by atoms with Gasteiger partial charge in [0.1, 0.15) is 5.84 Å². The highest BCUT2D eigenvalue weighted by atomic mass is 32.2. The number of amidine groups is 1. The Kier molecular flexibility index (Phi) is 5.17. The summed E-state index contributed by atoms with van der Waals surface area (Å²) in [7, 11) is -3.70. The molecule has 2 N–H and O–H groups in total. The number of nitrogens with one attached hydrogen (secondary N) is 2. The molecule has 0 saturated heterocycles. The highest BCUT2D eigenvalue weighted by Gasteiger charge is 2.24. The van der Waals surface area contributed by atoms with Gasteiger partial charge in [-0.3, -0.25) is 14.5 Å². The molecule has 2 aliphatic rings. The SMILES string of the molecule is O=C(CC1CCc2ccccc21)Nc1cccc(S(=O)(=O)NC2=NCCC2)c1. The molecular formula is C21H23N3O3S. The summed E-state index contributed by atoms with van der Waals surface area (Å²) < 4.78 is 27.6. The number of fused-ring (bicyclic) bond motifs is 1. The smallest absolute Gasteiger partial charge is 0.262 e. The Bertz CT molecular complexity index is 1030. The Hall–Kier alpha value is -2.67. The van der Waals surface area contributed by atoms with Gasteiger partial charge >= 0.3 is 0 Å². The molecule has 0 aromatic heterocycles. The van der Waals surface area contributed by atoms with E-state index in [0.29, 0.717) is 30.9 Å². The van der Waals surface area contributed by atoms with E-state index in [1.54, 1.807) is 12.1 Å². The van der Waals surface area contributed by atoms with E-state index < -0.39 is 10.0 Å². The van der Waals surface area contributed by atoms with Gasteiger partial charge in [0.2, 0.25) is 5.91 Å². The summed E-state index contributed by atoms with van der Waals surface area (Å²) in [6.07, 6.45) is 3.85. The molecule has 0 spiro atoms. The molecule has 0 radical (unpaired) electrons. The van der Waals surface area contributed by atoms with Crippen LogP contribution in [0.1, 0.15) is 42.7 Å². The van der Waals surface area contributed by atoms with E-state index in [1.165, 1.54) is 23.3 Å². The fourth-order valence-electron chi connectivity index (χ4n) is 3.87. The second-order valence-corrected chi connectivity index (χ2v) is 8.93. The number of carbonyl (C=O) groups is 1. The van der Waals surface area contributed by atoms with Crippen LogP contribution in [-0.2, 0) is 21.2 Å². The van der Waals surface area contributed by atoms with Crippen LogP contribution in [0.3, 0.4) is 0 Å². The van der Waals surface area contributed by atoms with Crippen molar-refractivity contribution >= 4 is 27.5 Å². The van der Waals surface area contributed by atoms with Gasteiger partial charge in [-0.25, -0.2) is 8.42 Å². The third kappa shape index (κ3) is 4.09. The van der Waals surface area contributed by atoms with Gasteiger partial charge in [0, 0.05) is 25.1 Å². The average molecular weight is 398 g/mol. The second-order valence-electron chi connectivity index (χ2n) is 7.25. The normalized spacial score (nSPS) is 18.4. The number of nitrogens with zero attached hydrogens (tertiary/aromatic N) is 1. The molecule has 2 aromatic rings. The summed E-state index contributed by atoms with van der Waals surface area (Å²) in [6, 6.07) is 14.6. The molecule has 7 heteroatoms. The molecule has 28 heavy (non-hydrogen) atoms. The molecule has 2 aromatic carbocycles. The summed E-state index contributed by atoms with van der Waals surface area (Å²) in [5.74, 6) is 0.601. The van der Waals surface area contributed by atoms with E-state index >= 15 is 0 Å². The van der Waals surface area contributed by atoms with Crippen LogP contribution in [0.25, 0.3) is 0 Å². The van der Waals surface area contributed by atoms with Crippen molar-refractivity contribution in [3.63, 3.8) is 0 Å². The van der Waals surface area contributed by atoms with Gasteiger partial charge in [-0.1, -0.05) is 30.3 Å². The molecule has 0 saturated carbocycles. The van der Waals surface area contributed by atoms with E-state index in [4.69, 9.17) is 0 Å². The Morgan fingerprint density at radius 2 is 1.96 bits per heavy atom. The lowest BCUT2D eigenvalue weighted by atomic mass is 9.97. The predicted molar refractivity (Wildman–Crippen MR) is 109 cm³/mol. The standard InChI is InChI=1S/C21H23N3O3S/c25-21(13-16-11-10-15-5-1-2-8-19(15)16)23-17-6-3-7-18(14-17)28(26,27)24-20-9-4-12-22-20/h1-3,5-8,14,16H,4,9-13H2,(H,22,24)(H,23,25). The minimum atomic E-state index is -3.70. The highest BCUT2D eigenvalue weighted by Crippen LogP contribution is 2.35. The fraction of sp³-hybridized carbons (Fsp3) is 0.333. The number of aryl methyl sites for hydroxylation is 1. The van der Waals surface area contributed by atoms with Crippen molar-refractivity contribution in [1.29, 1.82) is 0 Å². The van der Waals surface area contributed by atoms with E-state index in [1.807, 2.05) is 12.1 Å². The van der Waals surface area contributed by atoms with Gasteiger partial charge in [-0.2, -0.15) is 0 Å². The lowest BCUT2D eigenvalue weighted by Crippen LogP contribution is -2.29. The van der Waals surface area contributed by atoms with Gasteiger partial charge in [0.25, 0.3) is 10.0 Å². The van der Waals surface area contributed by atoms with Gasteiger partial charge < -0.3 is 5.32 Å². The Labute approximate surface area is 165 Å². The van der Waals surface area contributed by atoms with Crippen molar-refractivity contribution in [2.75, 3.05) is 11.9 Å². The first-order valence-corrected chi connectivity index (χ1v) is 11.0. The number of aliphatic imine (C=N–C) groups is 1. The quantitative estimate of drug-likeness (QED) is 0.812. The zero-order valence-electron chi connectivity index (χ0n) is 15.5. The molecule has 6 nitrogen and oxygen atoms in total. The number of anilines is 1. The van der Waals surface area contributed by atoms with Crippen LogP contribution in [0.2, 0.25) is 0 Å². The zero-order chi connectivity index (χ0) is 19.6. The second kappa shape index (κ2) is 7.75. The molecular weight excluding hydrogens is 374 g/mol. The number of sulfonamides is 1. The maximum atomic E-state index is 12.5. The number of benzene rings is 2. The highest BCUT2D eigenvalue weighted by molar-refractivity contribution is 7.90. The summed E-state index contributed by atoms with van der Waals surface area (Å²) in [5, 5.41) is 2.84. The van der Waals surface area contributed by atoms with Crippen LogP contribution in [0.4, 0.5) is 5.69 Å². The van der Waals surface area contributed by atoms with Gasteiger partial charge in [0.15, 0.2) is 0 Å². The average Bonchev–Trinajstić information content (AvgIpc) is 3.32. The van der Waals surface area contributed by atoms with E-state index in [-0.39, 0.29) is 16.7 Å². The summed E-state index contributed by atoms with van der Waals surface area (Å²) >= 11 is 0. The summed E-state index contributed by atoms with van der Waals surface area (Å²) in [5.41, 5.74) is 3.04. The first kappa shape index (κ1) is 18.7. The Morgan fingerprint density at radius 1 is 1.11 bits per heavy atom. The van der Waals surface area contributed by atoms with Crippen LogP contribution in [-0.4, -0.2) is 26.7 Å². The van der Waals surface area contributed by atoms with Gasteiger partial charge in [0.05, 0.1) is 4.90 Å². The fourth-order valence-corrected chi connectivity index (χ4v) is 5.01. The molecule has 4 rings (SSSR count). The number of carbonyl (C=O) groups excluding carboxylic acids is 1. The van der Waals surface area contributed by atoms with Crippen LogP contribution in [0, 0.1) is 0 Å². The van der Waals surface area contributed by atoms with Gasteiger partial charge in [-0.05, 0) is 54.5 Å². The molecule has 1 aliphatic carbocycles. The molecule has 146 valence electrons. The minimum absolute atomic E-state index is 0.107. The molecule has 1 unspecified atom stereocenters. The van der Waals surface area contributed by atoms with Gasteiger partial charge in [-0.15, -0.1) is 0 Å². The van der Waals surface area contributed by atoms with Crippen molar-refractivity contribution in [2.24, 2.45) is 4.99 Å². The van der Waals surface area contributed by atoms with Crippen molar-refractivity contribution in [3.8, 4) is 0 Å². The largest absolute Gasteiger partial charge is 0.326 e. The third-order valence-corrected chi connectivity index (χ3v) is 6.62. The van der Waals surface area contributed by atoms with E-state index in [2.05, 4.69) is 27.2 Å². The summed E-state index contributed by atoms with van der Waals surface area (Å²) in [4.78, 5) is 16.8. The van der Waals surface area contributed by atoms with Crippen molar-refractivity contribution in [3.05, 3.63) is 59.7 Å². The predicted octanol–water partition coefficient (Wildman–Crippen LogP) is 3.22. The first-order valence-electron chi connectivity index (χ1n) is 9.55. The van der Waals surface area contributed by atoms with Crippen LogP contribution < -0.4 is 10.0 Å². The number of rotatable bonds is 5. The number of amides is 1. The Morgan fingerprint density at radius 3 is 2.79 bits per heavy atom. The maximum absolute atomic E-state index is 12.5. The molecule has 1 aliphatic heterocycles. The topological polar surface area (TPSA) is 87.6 Å². The molecule has 0 fully saturated rings. The first-order chi connectivity index (χ1) is 13.5. The van der Waals surface area contributed by atoms with Crippen molar-refractivity contribution in [2.45, 2.75) is 42.9 Å². The zero-order valence-corrected chi connectivity index (χ0v) is 16.3. The van der Waals surface area contributed by atoms with Crippen LogP contribution in [0.15, 0.2) is 58.4 Å².